The van der Waals surface area contributed by atoms with Crippen LogP contribution in [-0.4, -0.2) is 6.04 Å². The maximum absolute atomic E-state index is 5.81. The van der Waals surface area contributed by atoms with Crippen LogP contribution in [-0.2, 0) is 6.54 Å². The standard InChI is InChI=1S/C12H16N2O/c1-8(2)14-6-9-7-15-12-10(9)4-3-5-11(12)13/h3-5,7-8,14H,6,13H2,1-2H3. The second kappa shape index (κ2) is 3.95. The van der Waals surface area contributed by atoms with Gasteiger partial charge in [0.2, 0.25) is 0 Å². The smallest absolute Gasteiger partial charge is 0.157 e. The first-order valence-electron chi connectivity index (χ1n) is 5.16. The molecule has 0 saturated heterocycles. The molecule has 2 aromatic rings. The zero-order valence-corrected chi connectivity index (χ0v) is 9.08. The number of anilines is 1. The lowest BCUT2D eigenvalue weighted by Gasteiger charge is -2.06. The van der Waals surface area contributed by atoms with Crippen molar-refractivity contribution in [2.75, 3.05) is 5.73 Å². The van der Waals surface area contributed by atoms with Crippen molar-refractivity contribution in [3.8, 4) is 0 Å². The van der Waals surface area contributed by atoms with Crippen LogP contribution in [0.3, 0.4) is 0 Å². The van der Waals surface area contributed by atoms with Crippen molar-refractivity contribution in [2.24, 2.45) is 0 Å². The van der Waals surface area contributed by atoms with Gasteiger partial charge in [0.1, 0.15) is 0 Å². The number of fused-ring (bicyclic) bond motifs is 1. The third-order valence-corrected chi connectivity index (χ3v) is 2.41. The fourth-order valence-corrected chi connectivity index (χ4v) is 1.58. The summed E-state index contributed by atoms with van der Waals surface area (Å²) < 4.78 is 5.45. The first kappa shape index (κ1) is 10.1. The van der Waals surface area contributed by atoms with Crippen molar-refractivity contribution in [1.29, 1.82) is 0 Å². The van der Waals surface area contributed by atoms with E-state index in [9.17, 15) is 0 Å². The van der Waals surface area contributed by atoms with Gasteiger partial charge < -0.3 is 15.5 Å². The van der Waals surface area contributed by atoms with E-state index in [1.807, 2.05) is 18.2 Å². The summed E-state index contributed by atoms with van der Waals surface area (Å²) in [6.45, 7) is 5.06. The van der Waals surface area contributed by atoms with Crippen LogP contribution in [0.4, 0.5) is 5.69 Å². The first-order valence-corrected chi connectivity index (χ1v) is 5.16. The SMILES string of the molecule is CC(C)NCc1coc2c(N)cccc12. The molecule has 0 aliphatic carbocycles. The van der Waals surface area contributed by atoms with Gasteiger partial charge in [0, 0.05) is 23.5 Å². The van der Waals surface area contributed by atoms with Crippen molar-refractivity contribution in [1.82, 2.24) is 5.32 Å². The molecule has 1 aromatic carbocycles. The van der Waals surface area contributed by atoms with Gasteiger partial charge in [-0.3, -0.25) is 0 Å². The van der Waals surface area contributed by atoms with Gasteiger partial charge in [-0.15, -0.1) is 0 Å². The highest BCUT2D eigenvalue weighted by molar-refractivity contribution is 5.90. The Kier molecular flexibility index (Phi) is 2.64. The molecule has 0 unspecified atom stereocenters. The van der Waals surface area contributed by atoms with Gasteiger partial charge in [0.15, 0.2) is 5.58 Å². The highest BCUT2D eigenvalue weighted by Gasteiger charge is 2.07. The van der Waals surface area contributed by atoms with E-state index >= 15 is 0 Å². The number of benzene rings is 1. The topological polar surface area (TPSA) is 51.2 Å². The zero-order valence-electron chi connectivity index (χ0n) is 9.08. The third kappa shape index (κ3) is 1.97. The van der Waals surface area contributed by atoms with Crippen LogP contribution in [0.25, 0.3) is 11.0 Å². The average Bonchev–Trinajstić information content (AvgIpc) is 2.59. The molecule has 0 spiro atoms. The van der Waals surface area contributed by atoms with E-state index < -0.39 is 0 Å². The van der Waals surface area contributed by atoms with Crippen molar-refractivity contribution < 1.29 is 4.42 Å². The summed E-state index contributed by atoms with van der Waals surface area (Å²) in [6.07, 6.45) is 1.77. The molecular weight excluding hydrogens is 188 g/mol. The van der Waals surface area contributed by atoms with E-state index in [0.29, 0.717) is 11.7 Å². The number of nitrogen functional groups attached to an aromatic ring is 1. The first-order chi connectivity index (χ1) is 7.18. The van der Waals surface area contributed by atoms with Crippen LogP contribution < -0.4 is 11.1 Å². The predicted octanol–water partition coefficient (Wildman–Crippen LogP) is 2.51. The lowest BCUT2D eigenvalue weighted by Crippen LogP contribution is -2.21. The minimum Gasteiger partial charge on any atom is -0.462 e. The van der Waals surface area contributed by atoms with E-state index in [1.165, 1.54) is 0 Å². The van der Waals surface area contributed by atoms with Crippen molar-refractivity contribution in [2.45, 2.75) is 26.4 Å². The van der Waals surface area contributed by atoms with Crippen LogP contribution in [0.1, 0.15) is 19.4 Å². The van der Waals surface area contributed by atoms with Crippen molar-refractivity contribution in [3.63, 3.8) is 0 Å². The van der Waals surface area contributed by atoms with Gasteiger partial charge in [-0.1, -0.05) is 26.0 Å². The van der Waals surface area contributed by atoms with E-state index in [2.05, 4.69) is 19.2 Å². The molecule has 0 fully saturated rings. The molecule has 0 radical (unpaired) electrons. The molecule has 2 rings (SSSR count). The molecule has 80 valence electrons. The minimum absolute atomic E-state index is 0.469. The summed E-state index contributed by atoms with van der Waals surface area (Å²) in [5, 5.41) is 4.46. The zero-order chi connectivity index (χ0) is 10.8. The average molecular weight is 204 g/mol. The summed E-state index contributed by atoms with van der Waals surface area (Å²) in [5.74, 6) is 0. The number of nitrogens with two attached hydrogens (primary N) is 1. The van der Waals surface area contributed by atoms with E-state index in [1.54, 1.807) is 6.26 Å². The molecule has 0 aliphatic rings. The summed E-state index contributed by atoms with van der Waals surface area (Å²) >= 11 is 0. The molecule has 3 heteroatoms. The Balaban J connectivity index is 2.33. The van der Waals surface area contributed by atoms with Gasteiger partial charge >= 0.3 is 0 Å². The fraction of sp³-hybridized carbons (Fsp3) is 0.333. The number of nitrogens with one attached hydrogen (secondary N) is 1. The molecule has 3 nitrogen and oxygen atoms in total. The highest BCUT2D eigenvalue weighted by atomic mass is 16.3. The van der Waals surface area contributed by atoms with Gasteiger partial charge in [0.25, 0.3) is 0 Å². The van der Waals surface area contributed by atoms with Crippen LogP contribution in [0.5, 0.6) is 0 Å². The molecule has 15 heavy (non-hydrogen) atoms. The van der Waals surface area contributed by atoms with Gasteiger partial charge in [0.05, 0.1) is 12.0 Å². The van der Waals surface area contributed by atoms with Crippen molar-refractivity contribution in [3.05, 3.63) is 30.0 Å². The summed E-state index contributed by atoms with van der Waals surface area (Å²) in [5.41, 5.74) is 8.46. The Morgan fingerprint density at radius 3 is 2.93 bits per heavy atom. The lowest BCUT2D eigenvalue weighted by molar-refractivity contribution is 0.573. The molecular formula is C12H16N2O. The minimum atomic E-state index is 0.469. The second-order valence-corrected chi connectivity index (χ2v) is 4.02. The van der Waals surface area contributed by atoms with Crippen LogP contribution in [0.15, 0.2) is 28.9 Å². The van der Waals surface area contributed by atoms with E-state index in [0.717, 1.165) is 23.1 Å². The normalized spacial score (nSPS) is 11.4. The Bertz CT molecular complexity index is 460. The Morgan fingerprint density at radius 2 is 2.20 bits per heavy atom. The second-order valence-electron chi connectivity index (χ2n) is 4.02. The quantitative estimate of drug-likeness (QED) is 0.755. The maximum atomic E-state index is 5.81. The molecule has 0 saturated carbocycles. The number of furan rings is 1. The molecule has 0 bridgehead atoms. The van der Waals surface area contributed by atoms with E-state index in [4.69, 9.17) is 10.2 Å². The maximum Gasteiger partial charge on any atom is 0.157 e. The molecule has 0 aliphatic heterocycles. The van der Waals surface area contributed by atoms with Gasteiger partial charge in [-0.2, -0.15) is 0 Å². The monoisotopic (exact) mass is 204 g/mol. The number of hydrogen-bond donors (Lipinski definition) is 2. The third-order valence-electron chi connectivity index (χ3n) is 2.41. The van der Waals surface area contributed by atoms with Crippen LogP contribution in [0.2, 0.25) is 0 Å². The largest absolute Gasteiger partial charge is 0.462 e. The number of para-hydroxylation sites is 1. The van der Waals surface area contributed by atoms with Gasteiger partial charge in [-0.05, 0) is 6.07 Å². The van der Waals surface area contributed by atoms with E-state index in [-0.39, 0.29) is 0 Å². The highest BCUT2D eigenvalue weighted by Crippen LogP contribution is 2.25. The lowest BCUT2D eigenvalue weighted by atomic mass is 10.1. The molecule has 1 heterocycles. The fourth-order valence-electron chi connectivity index (χ4n) is 1.58. The Morgan fingerprint density at radius 1 is 1.40 bits per heavy atom. The van der Waals surface area contributed by atoms with Crippen LogP contribution in [0, 0.1) is 0 Å². The Hall–Kier alpha value is -1.48. The number of rotatable bonds is 3. The Labute approximate surface area is 89.3 Å². The number of hydrogen-bond acceptors (Lipinski definition) is 3. The summed E-state index contributed by atoms with van der Waals surface area (Å²) in [4.78, 5) is 0. The molecule has 0 atom stereocenters. The van der Waals surface area contributed by atoms with Crippen molar-refractivity contribution >= 4 is 16.7 Å². The van der Waals surface area contributed by atoms with Gasteiger partial charge in [-0.25, -0.2) is 0 Å². The predicted molar refractivity (Wildman–Crippen MR) is 62.6 cm³/mol. The summed E-state index contributed by atoms with van der Waals surface area (Å²) in [7, 11) is 0. The molecule has 0 amide bonds. The molecule has 3 N–H and O–H groups in total. The van der Waals surface area contributed by atoms with Crippen LogP contribution >= 0.6 is 0 Å². The molecule has 1 aromatic heterocycles. The summed E-state index contributed by atoms with van der Waals surface area (Å²) in [6, 6.07) is 6.31.